The normalized spacial score (nSPS) is 10.3. The maximum Gasteiger partial charge on any atom is 0.330 e. The molecule has 0 unspecified atom stereocenters. The molecule has 0 spiro atoms. The number of hydrogen-bond donors (Lipinski definition) is 0. The zero-order valence-corrected chi connectivity index (χ0v) is 7.65. The third-order valence-corrected chi connectivity index (χ3v) is 1.51. The average molecular weight is 177 g/mol. The van der Waals surface area contributed by atoms with Crippen molar-refractivity contribution in [1.82, 2.24) is 4.98 Å². The molecule has 0 amide bonds. The Morgan fingerprint density at radius 2 is 2.31 bits per heavy atom. The van der Waals surface area contributed by atoms with Crippen LogP contribution in [-0.4, -0.2) is 18.1 Å². The molecule has 3 nitrogen and oxygen atoms in total. The highest BCUT2D eigenvalue weighted by Crippen LogP contribution is 2.03. The summed E-state index contributed by atoms with van der Waals surface area (Å²) in [6.45, 7) is 1.95. The summed E-state index contributed by atoms with van der Waals surface area (Å²) in [7, 11) is 1.35. The lowest BCUT2D eigenvalue weighted by atomic mass is 10.2. The Morgan fingerprint density at radius 3 is 2.92 bits per heavy atom. The summed E-state index contributed by atoms with van der Waals surface area (Å²) in [6.07, 6.45) is 6.49. The number of hydrogen-bond acceptors (Lipinski definition) is 3. The summed E-state index contributed by atoms with van der Waals surface area (Å²) < 4.78 is 4.46. The summed E-state index contributed by atoms with van der Waals surface area (Å²) in [6, 6.07) is 1.94. The Morgan fingerprint density at radius 1 is 1.54 bits per heavy atom. The Hall–Kier alpha value is -1.64. The summed E-state index contributed by atoms with van der Waals surface area (Å²) in [4.78, 5) is 14.7. The van der Waals surface area contributed by atoms with Crippen LogP contribution in [0.4, 0.5) is 0 Å². The predicted octanol–water partition coefficient (Wildman–Crippen LogP) is 1.58. The molecule has 1 rings (SSSR count). The molecule has 0 aromatic carbocycles. The van der Waals surface area contributed by atoms with Gasteiger partial charge in [0, 0.05) is 18.5 Å². The van der Waals surface area contributed by atoms with E-state index in [1.807, 2.05) is 13.0 Å². The molecule has 0 aliphatic heterocycles. The molecule has 68 valence electrons. The molecular weight excluding hydrogens is 166 g/mol. The smallest absolute Gasteiger partial charge is 0.330 e. The van der Waals surface area contributed by atoms with Gasteiger partial charge in [-0.25, -0.2) is 4.79 Å². The second kappa shape index (κ2) is 4.40. The van der Waals surface area contributed by atoms with Gasteiger partial charge in [-0.3, -0.25) is 4.98 Å². The second-order valence-corrected chi connectivity index (χ2v) is 2.65. The lowest BCUT2D eigenvalue weighted by Gasteiger charge is -1.94. The molecule has 0 atom stereocenters. The fourth-order valence-corrected chi connectivity index (χ4v) is 0.902. The molecular formula is C10H11NO2. The van der Waals surface area contributed by atoms with Gasteiger partial charge in [0.15, 0.2) is 0 Å². The highest BCUT2D eigenvalue weighted by Gasteiger charge is 1.92. The van der Waals surface area contributed by atoms with Crippen LogP contribution in [0, 0.1) is 6.92 Å². The van der Waals surface area contributed by atoms with Gasteiger partial charge in [0.25, 0.3) is 0 Å². The van der Waals surface area contributed by atoms with Gasteiger partial charge in [0.1, 0.15) is 0 Å². The Bertz CT molecular complexity index is 331. The van der Waals surface area contributed by atoms with E-state index in [0.717, 1.165) is 11.1 Å². The fraction of sp³-hybridized carbons (Fsp3) is 0.200. The monoisotopic (exact) mass is 177 g/mol. The summed E-state index contributed by atoms with van der Waals surface area (Å²) in [5.41, 5.74) is 1.96. The Labute approximate surface area is 77.1 Å². The number of methoxy groups -OCH3 is 1. The van der Waals surface area contributed by atoms with Crippen molar-refractivity contribution in [2.24, 2.45) is 0 Å². The van der Waals surface area contributed by atoms with Gasteiger partial charge in [-0.1, -0.05) is 0 Å². The number of pyridine rings is 1. The van der Waals surface area contributed by atoms with Crippen LogP contribution in [0.5, 0.6) is 0 Å². The molecule has 1 aromatic heterocycles. The number of rotatable bonds is 2. The zero-order valence-electron chi connectivity index (χ0n) is 7.65. The maximum absolute atomic E-state index is 10.7. The van der Waals surface area contributed by atoms with E-state index in [1.165, 1.54) is 13.2 Å². The number of aryl methyl sites for hydroxylation is 1. The van der Waals surface area contributed by atoms with Crippen LogP contribution in [0.25, 0.3) is 6.08 Å². The largest absolute Gasteiger partial charge is 0.466 e. The van der Waals surface area contributed by atoms with Crippen molar-refractivity contribution < 1.29 is 9.53 Å². The highest BCUT2D eigenvalue weighted by atomic mass is 16.5. The van der Waals surface area contributed by atoms with Crippen molar-refractivity contribution in [3.63, 3.8) is 0 Å². The molecule has 0 N–H and O–H groups in total. The van der Waals surface area contributed by atoms with E-state index in [0.29, 0.717) is 0 Å². The first-order chi connectivity index (χ1) is 6.22. The molecule has 0 aliphatic rings. The van der Waals surface area contributed by atoms with Gasteiger partial charge in [0.2, 0.25) is 0 Å². The predicted molar refractivity (Wildman–Crippen MR) is 50.0 cm³/mol. The standard InChI is InChI=1S/C10H11NO2/c1-8-5-9(7-11-6-8)3-4-10(12)13-2/h3-7H,1-2H3/b4-3-. The molecule has 13 heavy (non-hydrogen) atoms. The molecule has 0 saturated heterocycles. The van der Waals surface area contributed by atoms with Crippen LogP contribution < -0.4 is 0 Å². The van der Waals surface area contributed by atoms with E-state index in [1.54, 1.807) is 18.5 Å². The van der Waals surface area contributed by atoms with E-state index < -0.39 is 0 Å². The fourth-order valence-electron chi connectivity index (χ4n) is 0.902. The molecule has 0 radical (unpaired) electrons. The first kappa shape index (κ1) is 9.45. The van der Waals surface area contributed by atoms with Crippen LogP contribution in [-0.2, 0) is 9.53 Å². The van der Waals surface area contributed by atoms with Crippen LogP contribution in [0.2, 0.25) is 0 Å². The molecule has 0 bridgehead atoms. The minimum Gasteiger partial charge on any atom is -0.466 e. The lowest BCUT2D eigenvalue weighted by Crippen LogP contribution is -1.93. The first-order valence-electron chi connectivity index (χ1n) is 3.90. The van der Waals surface area contributed by atoms with Crippen molar-refractivity contribution in [2.75, 3.05) is 7.11 Å². The summed E-state index contributed by atoms with van der Waals surface area (Å²) in [5.74, 6) is -0.360. The van der Waals surface area contributed by atoms with E-state index in [4.69, 9.17) is 0 Å². The summed E-state index contributed by atoms with van der Waals surface area (Å²) in [5, 5.41) is 0. The maximum atomic E-state index is 10.7. The average Bonchev–Trinajstić information content (AvgIpc) is 2.14. The van der Waals surface area contributed by atoms with E-state index in [-0.39, 0.29) is 5.97 Å². The van der Waals surface area contributed by atoms with Crippen LogP contribution >= 0.6 is 0 Å². The van der Waals surface area contributed by atoms with Gasteiger partial charge in [-0.05, 0) is 30.2 Å². The van der Waals surface area contributed by atoms with Gasteiger partial charge in [-0.2, -0.15) is 0 Å². The van der Waals surface area contributed by atoms with E-state index in [9.17, 15) is 4.79 Å². The number of esters is 1. The first-order valence-corrected chi connectivity index (χ1v) is 3.90. The topological polar surface area (TPSA) is 39.2 Å². The minimum atomic E-state index is -0.360. The number of ether oxygens (including phenoxy) is 1. The van der Waals surface area contributed by atoms with Gasteiger partial charge < -0.3 is 4.74 Å². The van der Waals surface area contributed by atoms with Crippen LogP contribution in [0.3, 0.4) is 0 Å². The van der Waals surface area contributed by atoms with Crippen molar-refractivity contribution in [3.05, 3.63) is 35.7 Å². The molecule has 3 heteroatoms. The third-order valence-electron chi connectivity index (χ3n) is 1.51. The van der Waals surface area contributed by atoms with Gasteiger partial charge >= 0.3 is 5.97 Å². The quantitative estimate of drug-likeness (QED) is 0.508. The van der Waals surface area contributed by atoms with Crippen molar-refractivity contribution >= 4 is 12.0 Å². The van der Waals surface area contributed by atoms with Gasteiger partial charge in [0.05, 0.1) is 7.11 Å². The molecule has 0 fully saturated rings. The second-order valence-electron chi connectivity index (χ2n) is 2.65. The number of aromatic nitrogens is 1. The van der Waals surface area contributed by atoms with Crippen LogP contribution in [0.1, 0.15) is 11.1 Å². The Balaban J connectivity index is 2.74. The SMILES string of the molecule is COC(=O)/C=C\c1cncc(C)c1. The highest BCUT2D eigenvalue weighted by molar-refractivity contribution is 5.86. The molecule has 0 saturated carbocycles. The van der Waals surface area contributed by atoms with Crippen molar-refractivity contribution in [1.29, 1.82) is 0 Å². The number of carbonyl (C=O) groups is 1. The van der Waals surface area contributed by atoms with E-state index >= 15 is 0 Å². The molecule has 0 aliphatic carbocycles. The van der Waals surface area contributed by atoms with Gasteiger partial charge in [-0.15, -0.1) is 0 Å². The van der Waals surface area contributed by atoms with Crippen molar-refractivity contribution in [2.45, 2.75) is 6.92 Å². The summed E-state index contributed by atoms with van der Waals surface area (Å²) >= 11 is 0. The Kier molecular flexibility index (Phi) is 3.20. The third kappa shape index (κ3) is 3.07. The minimum absolute atomic E-state index is 0.360. The molecule has 1 aromatic rings. The lowest BCUT2D eigenvalue weighted by molar-refractivity contribution is -0.134. The zero-order chi connectivity index (χ0) is 9.68. The van der Waals surface area contributed by atoms with E-state index in [2.05, 4.69) is 9.72 Å². The van der Waals surface area contributed by atoms with Crippen molar-refractivity contribution in [3.8, 4) is 0 Å². The number of carbonyl (C=O) groups excluding carboxylic acids is 1. The number of nitrogens with zero attached hydrogens (tertiary/aromatic N) is 1. The molecule has 1 heterocycles. The van der Waals surface area contributed by atoms with Crippen LogP contribution in [0.15, 0.2) is 24.5 Å².